The summed E-state index contributed by atoms with van der Waals surface area (Å²) in [5.41, 5.74) is 22.4. The molecule has 0 saturated carbocycles. The third-order valence-corrected chi connectivity index (χ3v) is 14.5. The molecular formula is C68H60N2O. The molecule has 1 heterocycles. The molecule has 0 bridgehead atoms. The molecule has 0 unspecified atom stereocenters. The van der Waals surface area contributed by atoms with Crippen LogP contribution in [0.3, 0.4) is 0 Å². The summed E-state index contributed by atoms with van der Waals surface area (Å²) in [7, 11) is 0. The maximum absolute atomic E-state index is 7.25. The number of nitrogens with zero attached hydrogens (tertiary/aromatic N) is 2. The van der Waals surface area contributed by atoms with Gasteiger partial charge in [-0.1, -0.05) is 228 Å². The summed E-state index contributed by atoms with van der Waals surface area (Å²) in [5, 5.41) is 0. The number of hydrogen-bond donors (Lipinski definition) is 0. The van der Waals surface area contributed by atoms with E-state index in [1.807, 2.05) is 73.7 Å². The van der Waals surface area contributed by atoms with E-state index in [9.17, 15) is 0 Å². The number of para-hydroxylation sites is 2. The summed E-state index contributed by atoms with van der Waals surface area (Å²) in [6, 6.07) is 72.8. The lowest BCUT2D eigenvalue weighted by Gasteiger charge is -2.36. The SMILES string of the molecule is C=C(N=C(N=C(C)c1ccccc1)c1ccccc1)c1cccc(-c2cccc3c2Oc2c(-c4ccc(C)c(-c5cc6c(cc5C)C(C)(C)c5ccccc5-6)c4)cccc2C3(C)C)c1.Cc1ccccc1. The molecule has 3 heteroatoms. The molecule has 1 aliphatic carbocycles. The predicted molar refractivity (Wildman–Crippen MR) is 300 cm³/mol. The zero-order chi connectivity index (χ0) is 49.4. The average molecular weight is 921 g/mol. The van der Waals surface area contributed by atoms with Gasteiger partial charge in [-0.2, -0.15) is 0 Å². The maximum atomic E-state index is 7.25. The molecule has 3 nitrogen and oxygen atoms in total. The zero-order valence-electron chi connectivity index (χ0n) is 42.1. The van der Waals surface area contributed by atoms with Crippen molar-refractivity contribution in [3.05, 3.63) is 268 Å². The monoisotopic (exact) mass is 920 g/mol. The molecule has 1 aliphatic heterocycles. The average Bonchev–Trinajstić information content (AvgIpc) is 3.61. The van der Waals surface area contributed by atoms with Gasteiger partial charge < -0.3 is 4.74 Å². The van der Waals surface area contributed by atoms with Crippen molar-refractivity contribution in [2.24, 2.45) is 9.98 Å². The largest absolute Gasteiger partial charge is 0.455 e. The predicted octanol–water partition coefficient (Wildman–Crippen LogP) is 18.0. The summed E-state index contributed by atoms with van der Waals surface area (Å²) < 4.78 is 7.25. The fraction of sp³-hybridized carbons (Fsp3) is 0.147. The second-order valence-corrected chi connectivity index (χ2v) is 20.1. The standard InChI is InChI=1S/C61H52N2O.C7H8/c1-38-32-33-46(36-50(38)51-37-52-49-26-15-16-29-53(49)60(5,6)56(52)34-39(51)2)48-28-19-31-55-58(48)64-57-47(27-18-30-54(57)61(55,7)8)45-25-17-24-44(35-45)41(4)63-59(43-22-13-10-14-23-43)62-40(3)42-20-11-9-12-21-42;1-7-5-3-2-4-6-7/h9-37H,4H2,1-3,5-8H3;2-6H,1H3. The number of amidine groups is 1. The van der Waals surface area contributed by atoms with Crippen LogP contribution < -0.4 is 4.74 Å². The number of ether oxygens (including phenoxy) is 1. The van der Waals surface area contributed by atoms with Crippen molar-refractivity contribution >= 4 is 17.2 Å². The van der Waals surface area contributed by atoms with Gasteiger partial charge in [-0.05, 0) is 107 Å². The molecule has 9 aromatic carbocycles. The summed E-state index contributed by atoms with van der Waals surface area (Å²) >= 11 is 0. The third-order valence-electron chi connectivity index (χ3n) is 14.5. The van der Waals surface area contributed by atoms with Crippen LogP contribution in [0.2, 0.25) is 0 Å². The van der Waals surface area contributed by atoms with Crippen LogP contribution in [0.4, 0.5) is 0 Å². The zero-order valence-corrected chi connectivity index (χ0v) is 42.1. The Bertz CT molecular complexity index is 3540. The van der Waals surface area contributed by atoms with Crippen LogP contribution in [-0.4, -0.2) is 11.5 Å². The lowest BCUT2D eigenvalue weighted by Crippen LogP contribution is -2.25. The maximum Gasteiger partial charge on any atom is 0.160 e. The molecule has 0 N–H and O–H groups in total. The van der Waals surface area contributed by atoms with E-state index in [0.717, 1.165) is 61.7 Å². The molecule has 11 rings (SSSR count). The smallest absolute Gasteiger partial charge is 0.160 e. The van der Waals surface area contributed by atoms with E-state index >= 15 is 0 Å². The summed E-state index contributed by atoms with van der Waals surface area (Å²) in [6.45, 7) is 22.4. The van der Waals surface area contributed by atoms with Gasteiger partial charge in [0, 0.05) is 49.9 Å². The first-order valence-electron chi connectivity index (χ1n) is 24.7. The molecule has 0 amide bonds. The van der Waals surface area contributed by atoms with Crippen LogP contribution >= 0.6 is 0 Å². The number of aliphatic imine (C=N–C) groups is 2. The number of benzene rings is 9. The van der Waals surface area contributed by atoms with E-state index in [4.69, 9.17) is 14.7 Å². The Morgan fingerprint density at radius 3 is 1.54 bits per heavy atom. The van der Waals surface area contributed by atoms with Crippen molar-refractivity contribution in [1.82, 2.24) is 0 Å². The highest BCUT2D eigenvalue weighted by molar-refractivity contribution is 6.12. The topological polar surface area (TPSA) is 34.0 Å². The van der Waals surface area contributed by atoms with Crippen LogP contribution in [0.25, 0.3) is 50.2 Å². The Morgan fingerprint density at radius 1 is 0.394 bits per heavy atom. The van der Waals surface area contributed by atoms with Crippen LogP contribution in [0.15, 0.2) is 223 Å². The van der Waals surface area contributed by atoms with Gasteiger partial charge in [0.1, 0.15) is 11.5 Å². The molecule has 0 spiro atoms. The van der Waals surface area contributed by atoms with Gasteiger partial charge in [0.2, 0.25) is 0 Å². The number of hydrogen-bond acceptors (Lipinski definition) is 2. The Balaban J connectivity index is 0.000000766. The summed E-state index contributed by atoms with van der Waals surface area (Å²) in [6.07, 6.45) is 0. The van der Waals surface area contributed by atoms with Gasteiger partial charge in [0.15, 0.2) is 5.84 Å². The van der Waals surface area contributed by atoms with Crippen molar-refractivity contribution in [3.8, 4) is 56.0 Å². The number of fused-ring (bicyclic) bond motifs is 5. The first-order valence-corrected chi connectivity index (χ1v) is 24.7. The van der Waals surface area contributed by atoms with E-state index in [1.54, 1.807) is 0 Å². The van der Waals surface area contributed by atoms with Crippen molar-refractivity contribution < 1.29 is 4.74 Å². The van der Waals surface area contributed by atoms with E-state index in [-0.39, 0.29) is 10.8 Å². The van der Waals surface area contributed by atoms with Crippen LogP contribution in [-0.2, 0) is 10.8 Å². The van der Waals surface area contributed by atoms with Crippen molar-refractivity contribution in [2.75, 3.05) is 0 Å². The lowest BCUT2D eigenvalue weighted by molar-refractivity contribution is 0.421. The molecule has 0 aromatic heterocycles. The molecule has 9 aromatic rings. The minimum Gasteiger partial charge on any atom is -0.455 e. The van der Waals surface area contributed by atoms with Crippen LogP contribution in [0.1, 0.15) is 90.3 Å². The van der Waals surface area contributed by atoms with Gasteiger partial charge >= 0.3 is 0 Å². The van der Waals surface area contributed by atoms with E-state index in [1.165, 1.54) is 55.6 Å². The quantitative estimate of drug-likeness (QED) is 0.116. The first kappa shape index (κ1) is 46.6. The molecule has 2 aliphatic rings. The number of aryl methyl sites for hydroxylation is 3. The third kappa shape index (κ3) is 8.89. The molecule has 348 valence electrons. The van der Waals surface area contributed by atoms with Crippen LogP contribution in [0.5, 0.6) is 11.5 Å². The molecule has 0 radical (unpaired) electrons. The first-order chi connectivity index (χ1) is 34.3. The molecule has 0 saturated heterocycles. The Hall–Kier alpha value is -8.14. The molecule has 0 atom stereocenters. The van der Waals surface area contributed by atoms with E-state index in [0.29, 0.717) is 11.5 Å². The fourth-order valence-corrected chi connectivity index (χ4v) is 10.4. The molecular weight excluding hydrogens is 861 g/mol. The van der Waals surface area contributed by atoms with E-state index in [2.05, 4.69) is 195 Å². The minimum atomic E-state index is -0.329. The minimum absolute atomic E-state index is 0.0411. The molecule has 0 fully saturated rings. The van der Waals surface area contributed by atoms with E-state index < -0.39 is 0 Å². The number of rotatable bonds is 7. The van der Waals surface area contributed by atoms with Gasteiger partial charge in [-0.15, -0.1) is 0 Å². The summed E-state index contributed by atoms with van der Waals surface area (Å²) in [5.74, 6) is 2.38. The van der Waals surface area contributed by atoms with Gasteiger partial charge in [0.25, 0.3) is 0 Å². The second-order valence-electron chi connectivity index (χ2n) is 20.1. The normalized spacial score (nSPS) is 13.9. The molecule has 71 heavy (non-hydrogen) atoms. The van der Waals surface area contributed by atoms with Gasteiger partial charge in [-0.25, -0.2) is 9.98 Å². The van der Waals surface area contributed by atoms with Crippen LogP contribution in [0, 0.1) is 20.8 Å². The Labute approximate surface area is 420 Å². The fourth-order valence-electron chi connectivity index (χ4n) is 10.4. The van der Waals surface area contributed by atoms with Crippen molar-refractivity contribution in [2.45, 2.75) is 66.2 Å². The lowest BCUT2D eigenvalue weighted by atomic mass is 9.73. The second kappa shape index (κ2) is 19.0. The van der Waals surface area contributed by atoms with Gasteiger partial charge in [-0.3, -0.25) is 0 Å². The highest BCUT2D eigenvalue weighted by atomic mass is 16.5. The van der Waals surface area contributed by atoms with Crippen molar-refractivity contribution in [1.29, 1.82) is 0 Å². The highest BCUT2D eigenvalue weighted by Gasteiger charge is 2.38. The Morgan fingerprint density at radius 2 is 0.901 bits per heavy atom. The Kier molecular flexibility index (Phi) is 12.5. The highest BCUT2D eigenvalue weighted by Crippen LogP contribution is 2.55. The summed E-state index contributed by atoms with van der Waals surface area (Å²) in [4.78, 5) is 10.1. The van der Waals surface area contributed by atoms with Gasteiger partial charge in [0.05, 0.1) is 5.70 Å². The van der Waals surface area contributed by atoms with Crippen molar-refractivity contribution in [3.63, 3.8) is 0 Å².